The van der Waals surface area contributed by atoms with Crippen molar-refractivity contribution >= 4 is 22.4 Å². The molecule has 7 heteroatoms. The molecule has 0 radical (unpaired) electrons. The maximum atomic E-state index is 14.7. The molecule has 0 saturated heterocycles. The van der Waals surface area contributed by atoms with Crippen molar-refractivity contribution in [2.24, 2.45) is 5.73 Å². The maximum Gasteiger partial charge on any atom is 0.161 e. The first-order valence-corrected chi connectivity index (χ1v) is 9.98. The van der Waals surface area contributed by atoms with Gasteiger partial charge in [0, 0.05) is 35.5 Å². The highest BCUT2D eigenvalue weighted by molar-refractivity contribution is 6.01. The standard InChI is InChI=1S/C24H18F2N4O/c25-15-5-7-19(17(26)11-15)30-20-2-1-3-21(31)23(20)22(16(12-27)24(30)28)14-4-6-18-13(10-14)8-9-29-18/h4-11,22,29H,1-3,28H2/t22-/m1/s1. The largest absolute Gasteiger partial charge is 0.384 e. The predicted molar refractivity (Wildman–Crippen MR) is 113 cm³/mol. The SMILES string of the molecule is N#CC1=C(N)N(c2ccc(F)cc2F)C2=C(C(=O)CCC2)[C@@H]1c1ccc2[nH]ccc2c1. The number of carbonyl (C=O) groups excluding carboxylic acids is 1. The molecule has 1 aliphatic heterocycles. The number of hydrogen-bond donors (Lipinski definition) is 2. The fraction of sp³-hybridized carbons (Fsp3) is 0.167. The maximum absolute atomic E-state index is 14.7. The van der Waals surface area contributed by atoms with Crippen molar-refractivity contribution in [2.75, 3.05) is 4.90 Å². The summed E-state index contributed by atoms with van der Waals surface area (Å²) in [5, 5.41) is 11.0. The Balaban J connectivity index is 1.76. The molecule has 0 amide bonds. The number of nitrogens with zero attached hydrogens (tertiary/aromatic N) is 2. The molecular weight excluding hydrogens is 398 g/mol. The minimum Gasteiger partial charge on any atom is -0.384 e. The first-order valence-electron chi connectivity index (χ1n) is 9.98. The van der Waals surface area contributed by atoms with Crippen LogP contribution in [0.5, 0.6) is 0 Å². The minimum absolute atomic E-state index is 0.0217. The van der Waals surface area contributed by atoms with E-state index in [1.807, 2.05) is 30.5 Å². The number of carbonyl (C=O) groups is 1. The number of Topliss-reactive ketones (excluding diaryl/α,β-unsaturated/α-hetero) is 1. The van der Waals surface area contributed by atoms with Gasteiger partial charge in [-0.1, -0.05) is 6.07 Å². The van der Waals surface area contributed by atoms with Crippen LogP contribution < -0.4 is 10.6 Å². The van der Waals surface area contributed by atoms with E-state index in [0.717, 1.165) is 28.6 Å². The summed E-state index contributed by atoms with van der Waals surface area (Å²) < 4.78 is 28.2. The van der Waals surface area contributed by atoms with Crippen LogP contribution in [0.4, 0.5) is 14.5 Å². The summed E-state index contributed by atoms with van der Waals surface area (Å²) in [5.74, 6) is -2.19. The van der Waals surface area contributed by atoms with E-state index in [-0.39, 0.29) is 22.9 Å². The first kappa shape index (κ1) is 19.1. The molecule has 1 atom stereocenters. The number of hydrogen-bond acceptors (Lipinski definition) is 4. The molecule has 0 spiro atoms. The normalized spacial score (nSPS) is 19.1. The van der Waals surface area contributed by atoms with Gasteiger partial charge in [0.2, 0.25) is 0 Å². The van der Waals surface area contributed by atoms with Crippen LogP contribution in [0.2, 0.25) is 0 Å². The van der Waals surface area contributed by atoms with Crippen LogP contribution in [0.25, 0.3) is 10.9 Å². The van der Waals surface area contributed by atoms with E-state index < -0.39 is 17.6 Å². The average molecular weight is 416 g/mol. The second kappa shape index (κ2) is 7.10. The van der Waals surface area contributed by atoms with Gasteiger partial charge in [0.15, 0.2) is 5.78 Å². The summed E-state index contributed by atoms with van der Waals surface area (Å²) in [5.41, 5.74) is 9.34. The van der Waals surface area contributed by atoms with Crippen molar-refractivity contribution in [1.29, 1.82) is 5.26 Å². The van der Waals surface area contributed by atoms with Crippen molar-refractivity contribution in [1.82, 2.24) is 4.98 Å². The van der Waals surface area contributed by atoms with Crippen molar-refractivity contribution in [2.45, 2.75) is 25.2 Å². The highest BCUT2D eigenvalue weighted by Gasteiger charge is 2.40. The summed E-state index contributed by atoms with van der Waals surface area (Å²) in [6.07, 6.45) is 3.26. The number of ketones is 1. The van der Waals surface area contributed by atoms with E-state index in [0.29, 0.717) is 30.5 Å². The smallest absolute Gasteiger partial charge is 0.161 e. The molecule has 3 aromatic rings. The predicted octanol–water partition coefficient (Wildman–Crippen LogP) is 4.75. The topological polar surface area (TPSA) is 85.9 Å². The summed E-state index contributed by atoms with van der Waals surface area (Å²) >= 11 is 0. The number of aromatic nitrogens is 1. The Kier molecular flexibility index (Phi) is 4.36. The second-order valence-corrected chi connectivity index (χ2v) is 7.74. The van der Waals surface area contributed by atoms with Crippen LogP contribution in [-0.4, -0.2) is 10.8 Å². The lowest BCUT2D eigenvalue weighted by molar-refractivity contribution is -0.116. The lowest BCUT2D eigenvalue weighted by Gasteiger charge is -2.39. The van der Waals surface area contributed by atoms with Gasteiger partial charge in [0.05, 0.1) is 23.2 Å². The van der Waals surface area contributed by atoms with Crippen molar-refractivity contribution in [3.05, 3.63) is 88.5 Å². The van der Waals surface area contributed by atoms with Gasteiger partial charge in [-0.3, -0.25) is 9.69 Å². The highest BCUT2D eigenvalue weighted by Crippen LogP contribution is 2.47. The average Bonchev–Trinajstić information content (AvgIpc) is 3.22. The molecule has 5 rings (SSSR count). The molecule has 2 aromatic carbocycles. The molecule has 2 heterocycles. The molecule has 5 nitrogen and oxygen atoms in total. The third-order valence-electron chi connectivity index (χ3n) is 5.97. The van der Waals surface area contributed by atoms with Crippen LogP contribution in [0.1, 0.15) is 30.7 Å². The third kappa shape index (κ3) is 2.91. The van der Waals surface area contributed by atoms with Crippen LogP contribution >= 0.6 is 0 Å². The zero-order valence-corrected chi connectivity index (χ0v) is 16.5. The van der Waals surface area contributed by atoms with Gasteiger partial charge in [-0.05, 0) is 54.1 Å². The summed E-state index contributed by atoms with van der Waals surface area (Å²) in [6.45, 7) is 0. The lowest BCUT2D eigenvalue weighted by atomic mass is 9.75. The molecule has 0 saturated carbocycles. The van der Waals surface area contributed by atoms with E-state index in [4.69, 9.17) is 5.73 Å². The lowest BCUT2D eigenvalue weighted by Crippen LogP contribution is -2.39. The Labute approximate surface area is 177 Å². The summed E-state index contributed by atoms with van der Waals surface area (Å²) in [4.78, 5) is 17.6. The van der Waals surface area contributed by atoms with Crippen molar-refractivity contribution < 1.29 is 13.6 Å². The number of allylic oxidation sites excluding steroid dienone is 3. The van der Waals surface area contributed by atoms with E-state index in [9.17, 15) is 18.8 Å². The molecule has 0 unspecified atom stereocenters. The van der Waals surface area contributed by atoms with Gasteiger partial charge in [-0.15, -0.1) is 0 Å². The number of H-pyrrole nitrogens is 1. The molecule has 1 aliphatic carbocycles. The number of nitriles is 1. The molecule has 1 aromatic heterocycles. The molecule has 3 N–H and O–H groups in total. The Bertz CT molecular complexity index is 1350. The summed E-state index contributed by atoms with van der Waals surface area (Å²) in [7, 11) is 0. The fourth-order valence-electron chi connectivity index (χ4n) is 4.61. The number of rotatable bonds is 2. The fourth-order valence-corrected chi connectivity index (χ4v) is 4.61. The van der Waals surface area contributed by atoms with E-state index >= 15 is 0 Å². The second-order valence-electron chi connectivity index (χ2n) is 7.74. The Hall–Kier alpha value is -3.92. The van der Waals surface area contributed by atoms with E-state index in [2.05, 4.69) is 11.1 Å². The van der Waals surface area contributed by atoms with Crippen LogP contribution in [0.3, 0.4) is 0 Å². The number of aromatic amines is 1. The molecule has 154 valence electrons. The molecule has 0 fully saturated rings. The van der Waals surface area contributed by atoms with Gasteiger partial charge in [-0.2, -0.15) is 5.26 Å². The molecular formula is C24H18F2N4O. The third-order valence-corrected chi connectivity index (χ3v) is 5.97. The minimum atomic E-state index is -0.808. The van der Waals surface area contributed by atoms with E-state index in [1.165, 1.54) is 11.0 Å². The zero-order chi connectivity index (χ0) is 21.7. The van der Waals surface area contributed by atoms with Gasteiger partial charge in [-0.25, -0.2) is 8.78 Å². The number of nitrogens with two attached hydrogens (primary N) is 1. The molecule has 0 bridgehead atoms. The van der Waals surface area contributed by atoms with Crippen LogP contribution in [0.15, 0.2) is 71.3 Å². The summed E-state index contributed by atoms with van der Waals surface area (Å²) in [6, 6.07) is 12.9. The number of fused-ring (bicyclic) bond motifs is 1. The van der Waals surface area contributed by atoms with Crippen LogP contribution in [-0.2, 0) is 4.79 Å². The van der Waals surface area contributed by atoms with Crippen LogP contribution in [0, 0.1) is 23.0 Å². The molecule has 2 aliphatic rings. The zero-order valence-electron chi connectivity index (χ0n) is 16.5. The monoisotopic (exact) mass is 416 g/mol. The Morgan fingerprint density at radius 2 is 1.97 bits per heavy atom. The van der Waals surface area contributed by atoms with Crippen molar-refractivity contribution in [3.63, 3.8) is 0 Å². The van der Waals surface area contributed by atoms with Gasteiger partial charge >= 0.3 is 0 Å². The number of benzene rings is 2. The first-order chi connectivity index (χ1) is 15.0. The Morgan fingerprint density at radius 3 is 2.74 bits per heavy atom. The Morgan fingerprint density at radius 1 is 1.13 bits per heavy atom. The number of halogens is 2. The number of anilines is 1. The van der Waals surface area contributed by atoms with Gasteiger partial charge < -0.3 is 10.7 Å². The van der Waals surface area contributed by atoms with Gasteiger partial charge in [0.25, 0.3) is 0 Å². The van der Waals surface area contributed by atoms with Gasteiger partial charge in [0.1, 0.15) is 17.5 Å². The van der Waals surface area contributed by atoms with Crippen molar-refractivity contribution in [3.8, 4) is 6.07 Å². The molecule has 31 heavy (non-hydrogen) atoms. The number of nitrogens with one attached hydrogen (secondary N) is 1. The highest BCUT2D eigenvalue weighted by atomic mass is 19.1. The van der Waals surface area contributed by atoms with E-state index in [1.54, 1.807) is 0 Å². The quantitative estimate of drug-likeness (QED) is 0.631.